The van der Waals surface area contributed by atoms with Gasteiger partial charge in [0, 0.05) is 19.0 Å². The minimum Gasteiger partial charge on any atom is -0.364 e. The molecule has 0 atom stereocenters. The standard InChI is InChI=1S/C16H18N6S2/c1-3-7-13-21-22-12(10-18-20-15(23)17-2)14(19-16(22)24-13)11-8-5-4-6-9-11/h4-6,8-10H,3,7H2,1-2H3,(H2,17,20,23)/b18-10+. The number of aromatic nitrogens is 3. The fourth-order valence-corrected chi connectivity index (χ4v) is 3.31. The Morgan fingerprint density at radius 1 is 1.38 bits per heavy atom. The van der Waals surface area contributed by atoms with Crippen LogP contribution in [0.25, 0.3) is 16.2 Å². The number of nitrogens with zero attached hydrogens (tertiary/aromatic N) is 4. The summed E-state index contributed by atoms with van der Waals surface area (Å²) in [5.41, 5.74) is 5.50. The van der Waals surface area contributed by atoms with Gasteiger partial charge in [0.2, 0.25) is 4.96 Å². The number of thiocarbonyl (C=S) groups is 1. The first-order valence-corrected chi connectivity index (χ1v) is 8.90. The largest absolute Gasteiger partial charge is 0.364 e. The summed E-state index contributed by atoms with van der Waals surface area (Å²) >= 11 is 6.66. The molecule has 6 nitrogen and oxygen atoms in total. The number of imidazole rings is 1. The van der Waals surface area contributed by atoms with Gasteiger partial charge >= 0.3 is 0 Å². The molecule has 0 bridgehead atoms. The second-order valence-corrected chi connectivity index (χ2v) is 6.55. The second-order valence-electron chi connectivity index (χ2n) is 5.10. The lowest BCUT2D eigenvalue weighted by Gasteiger charge is -2.01. The van der Waals surface area contributed by atoms with Crippen molar-refractivity contribution in [2.24, 2.45) is 5.10 Å². The maximum Gasteiger partial charge on any atom is 0.213 e. The third kappa shape index (κ3) is 3.44. The molecule has 2 aromatic heterocycles. The maximum absolute atomic E-state index is 5.04. The first-order chi connectivity index (χ1) is 11.7. The second kappa shape index (κ2) is 7.50. The number of benzene rings is 1. The van der Waals surface area contributed by atoms with E-state index in [2.05, 4.69) is 27.9 Å². The first-order valence-electron chi connectivity index (χ1n) is 7.67. The zero-order valence-corrected chi connectivity index (χ0v) is 15.1. The first kappa shape index (κ1) is 16.5. The molecule has 0 saturated carbocycles. The minimum atomic E-state index is 0.457. The van der Waals surface area contributed by atoms with Crippen molar-refractivity contribution in [2.45, 2.75) is 19.8 Å². The molecule has 0 aliphatic heterocycles. The molecule has 1 aromatic carbocycles. The van der Waals surface area contributed by atoms with E-state index in [1.807, 2.05) is 34.8 Å². The summed E-state index contributed by atoms with van der Waals surface area (Å²) in [6, 6.07) is 10.0. The Labute approximate surface area is 149 Å². The molecule has 0 radical (unpaired) electrons. The van der Waals surface area contributed by atoms with Crippen LogP contribution >= 0.6 is 23.6 Å². The summed E-state index contributed by atoms with van der Waals surface area (Å²) in [6.07, 6.45) is 3.72. The van der Waals surface area contributed by atoms with Gasteiger partial charge in [-0.2, -0.15) is 10.2 Å². The number of hydrogen-bond acceptors (Lipinski definition) is 5. The van der Waals surface area contributed by atoms with Crippen molar-refractivity contribution in [3.63, 3.8) is 0 Å². The van der Waals surface area contributed by atoms with Crippen LogP contribution in [-0.4, -0.2) is 33.0 Å². The van der Waals surface area contributed by atoms with Crippen LogP contribution in [-0.2, 0) is 6.42 Å². The average molecular weight is 358 g/mol. The zero-order chi connectivity index (χ0) is 16.9. The van der Waals surface area contributed by atoms with E-state index in [-0.39, 0.29) is 0 Å². The van der Waals surface area contributed by atoms with Crippen molar-refractivity contribution in [2.75, 3.05) is 7.05 Å². The van der Waals surface area contributed by atoms with Gasteiger partial charge in [-0.1, -0.05) is 48.6 Å². The lowest BCUT2D eigenvalue weighted by molar-refractivity contribution is 0.845. The van der Waals surface area contributed by atoms with Gasteiger partial charge in [0.15, 0.2) is 5.11 Å². The molecule has 0 amide bonds. The molecule has 0 spiro atoms. The molecule has 0 aliphatic carbocycles. The Balaban J connectivity index is 2.04. The maximum atomic E-state index is 5.04. The van der Waals surface area contributed by atoms with Crippen molar-refractivity contribution in [3.05, 3.63) is 41.0 Å². The average Bonchev–Trinajstić information content (AvgIpc) is 3.14. The Morgan fingerprint density at radius 2 is 2.17 bits per heavy atom. The number of rotatable bonds is 5. The molecule has 24 heavy (non-hydrogen) atoms. The van der Waals surface area contributed by atoms with Gasteiger partial charge in [-0.3, -0.25) is 5.43 Å². The number of fused-ring (bicyclic) bond motifs is 1. The van der Waals surface area contributed by atoms with Gasteiger partial charge in [-0.25, -0.2) is 9.50 Å². The molecular weight excluding hydrogens is 340 g/mol. The van der Waals surface area contributed by atoms with Gasteiger partial charge in [0.05, 0.1) is 6.21 Å². The SMILES string of the molecule is CCCc1nn2c(/C=N/NC(=S)NC)c(-c3ccccc3)nc2s1. The van der Waals surface area contributed by atoms with E-state index in [0.717, 1.165) is 39.8 Å². The van der Waals surface area contributed by atoms with Gasteiger partial charge < -0.3 is 5.32 Å². The predicted octanol–water partition coefficient (Wildman–Crippen LogP) is 2.84. The van der Waals surface area contributed by atoms with E-state index in [9.17, 15) is 0 Å². The quantitative estimate of drug-likeness (QED) is 0.417. The molecule has 0 saturated heterocycles. The molecule has 124 valence electrons. The highest BCUT2D eigenvalue weighted by Crippen LogP contribution is 2.26. The van der Waals surface area contributed by atoms with Gasteiger partial charge in [0.1, 0.15) is 16.4 Å². The summed E-state index contributed by atoms with van der Waals surface area (Å²) < 4.78 is 1.85. The van der Waals surface area contributed by atoms with Crippen LogP contribution in [0, 0.1) is 0 Å². The molecule has 2 N–H and O–H groups in total. The van der Waals surface area contributed by atoms with Crippen LogP contribution in [0.1, 0.15) is 24.0 Å². The Bertz CT molecular complexity index is 865. The summed E-state index contributed by atoms with van der Waals surface area (Å²) in [6.45, 7) is 2.14. The van der Waals surface area contributed by atoms with Gasteiger partial charge in [-0.15, -0.1) is 0 Å². The topological polar surface area (TPSA) is 66.6 Å². The van der Waals surface area contributed by atoms with Gasteiger partial charge in [0.25, 0.3) is 0 Å². The zero-order valence-electron chi connectivity index (χ0n) is 13.5. The third-order valence-corrected chi connectivity index (χ3v) is 4.63. The highest BCUT2D eigenvalue weighted by molar-refractivity contribution is 7.80. The Morgan fingerprint density at radius 3 is 2.88 bits per heavy atom. The van der Waals surface area contributed by atoms with E-state index in [0.29, 0.717) is 5.11 Å². The van der Waals surface area contributed by atoms with Crippen LogP contribution in [0.15, 0.2) is 35.4 Å². The highest BCUT2D eigenvalue weighted by atomic mass is 32.1. The van der Waals surface area contributed by atoms with E-state index < -0.39 is 0 Å². The molecule has 2 heterocycles. The Hall–Kier alpha value is -2.32. The van der Waals surface area contributed by atoms with E-state index in [1.54, 1.807) is 24.6 Å². The number of hydrazone groups is 1. The minimum absolute atomic E-state index is 0.457. The Kier molecular flexibility index (Phi) is 5.17. The van der Waals surface area contributed by atoms with Crippen molar-refractivity contribution in [1.29, 1.82) is 0 Å². The molecule has 0 fully saturated rings. The van der Waals surface area contributed by atoms with Crippen molar-refractivity contribution >= 4 is 39.8 Å². The van der Waals surface area contributed by atoms with Crippen LogP contribution in [0.4, 0.5) is 0 Å². The van der Waals surface area contributed by atoms with Crippen LogP contribution < -0.4 is 10.7 Å². The number of aryl methyl sites for hydroxylation is 1. The summed E-state index contributed by atoms with van der Waals surface area (Å²) in [5, 5.41) is 13.2. The van der Waals surface area contributed by atoms with E-state index in [4.69, 9.17) is 17.2 Å². The van der Waals surface area contributed by atoms with Crippen molar-refractivity contribution in [1.82, 2.24) is 25.3 Å². The predicted molar refractivity (Wildman–Crippen MR) is 103 cm³/mol. The molecule has 3 rings (SSSR count). The van der Waals surface area contributed by atoms with E-state index in [1.165, 1.54) is 0 Å². The smallest absolute Gasteiger partial charge is 0.213 e. The molecule has 0 aliphatic rings. The molecular formula is C16H18N6S2. The normalized spacial score (nSPS) is 11.2. The van der Waals surface area contributed by atoms with Crippen LogP contribution in [0.3, 0.4) is 0 Å². The molecule has 0 unspecified atom stereocenters. The number of nitrogens with one attached hydrogen (secondary N) is 2. The highest BCUT2D eigenvalue weighted by Gasteiger charge is 2.16. The lowest BCUT2D eigenvalue weighted by atomic mass is 10.1. The molecule has 3 aromatic rings. The third-order valence-electron chi connectivity index (χ3n) is 3.37. The van der Waals surface area contributed by atoms with E-state index >= 15 is 0 Å². The number of hydrogen-bond donors (Lipinski definition) is 2. The summed E-state index contributed by atoms with van der Waals surface area (Å²) in [5.74, 6) is 0. The fraction of sp³-hybridized carbons (Fsp3) is 0.250. The van der Waals surface area contributed by atoms with Crippen LogP contribution in [0.5, 0.6) is 0 Å². The van der Waals surface area contributed by atoms with Crippen molar-refractivity contribution in [3.8, 4) is 11.3 Å². The van der Waals surface area contributed by atoms with Gasteiger partial charge in [-0.05, 0) is 18.6 Å². The summed E-state index contributed by atoms with van der Waals surface area (Å²) in [7, 11) is 1.74. The van der Waals surface area contributed by atoms with Crippen molar-refractivity contribution < 1.29 is 0 Å². The molecule has 8 heteroatoms. The summed E-state index contributed by atoms with van der Waals surface area (Å²) in [4.78, 5) is 5.63. The fourth-order valence-electron chi connectivity index (χ4n) is 2.25. The van der Waals surface area contributed by atoms with Crippen LogP contribution in [0.2, 0.25) is 0 Å². The monoisotopic (exact) mass is 358 g/mol. The lowest BCUT2D eigenvalue weighted by Crippen LogP contribution is -2.28.